The molecule has 0 aromatic heterocycles. The van der Waals surface area contributed by atoms with Gasteiger partial charge in [-0.3, -0.25) is 0 Å². The van der Waals surface area contributed by atoms with Gasteiger partial charge < -0.3 is 15.0 Å². The first kappa shape index (κ1) is 16.1. The van der Waals surface area contributed by atoms with Crippen LogP contribution in [0.15, 0.2) is 59.6 Å². The third kappa shape index (κ3) is 4.35. The average Bonchev–Trinajstić information content (AvgIpc) is 3.00. The van der Waals surface area contributed by atoms with Crippen LogP contribution in [0.1, 0.15) is 18.4 Å². The second-order valence-corrected chi connectivity index (χ2v) is 5.78. The molecule has 0 spiro atoms. The van der Waals surface area contributed by atoms with Gasteiger partial charge in [-0.15, -0.1) is 0 Å². The number of hydrogen-bond acceptors (Lipinski definition) is 2. The van der Waals surface area contributed by atoms with E-state index < -0.39 is 0 Å². The van der Waals surface area contributed by atoms with Crippen molar-refractivity contribution in [2.75, 3.05) is 18.9 Å². The summed E-state index contributed by atoms with van der Waals surface area (Å²) in [4.78, 5) is 18.1. The van der Waals surface area contributed by atoms with Crippen LogP contribution < -0.4 is 10.1 Å². The first-order valence-electron chi connectivity index (χ1n) is 8.07. The van der Waals surface area contributed by atoms with Crippen molar-refractivity contribution in [1.29, 1.82) is 0 Å². The minimum atomic E-state index is -0.336. The monoisotopic (exact) mass is 323 g/mol. The van der Waals surface area contributed by atoms with Crippen molar-refractivity contribution in [1.82, 2.24) is 4.90 Å². The Bertz CT molecular complexity index is 711. The molecule has 0 bridgehead atoms. The quantitative estimate of drug-likeness (QED) is 0.928. The summed E-state index contributed by atoms with van der Waals surface area (Å²) < 4.78 is 5.73. The van der Waals surface area contributed by atoms with Crippen LogP contribution in [0.5, 0.6) is 5.75 Å². The van der Waals surface area contributed by atoms with Crippen molar-refractivity contribution in [2.24, 2.45) is 4.99 Å². The Morgan fingerprint density at radius 2 is 1.92 bits per heavy atom. The number of nitrogens with one attached hydrogen (secondary N) is 1. The van der Waals surface area contributed by atoms with E-state index in [0.717, 1.165) is 36.5 Å². The fourth-order valence-electron chi connectivity index (χ4n) is 2.58. The second kappa shape index (κ2) is 7.64. The lowest BCUT2D eigenvalue weighted by molar-refractivity contribution is 0.259. The number of ether oxygens (including phenoxy) is 1. The van der Waals surface area contributed by atoms with Crippen LogP contribution in [0, 0.1) is 0 Å². The van der Waals surface area contributed by atoms with Gasteiger partial charge in [0.15, 0.2) is 0 Å². The molecule has 1 heterocycles. The van der Waals surface area contributed by atoms with E-state index in [4.69, 9.17) is 4.74 Å². The topological polar surface area (TPSA) is 53.9 Å². The molecule has 1 saturated heterocycles. The minimum absolute atomic E-state index is 0.336. The van der Waals surface area contributed by atoms with Crippen molar-refractivity contribution in [2.45, 2.75) is 19.4 Å². The number of carbonyl (C=O) groups excluding carboxylic acids is 1. The van der Waals surface area contributed by atoms with Crippen molar-refractivity contribution < 1.29 is 9.53 Å². The van der Waals surface area contributed by atoms with E-state index in [-0.39, 0.29) is 6.03 Å². The first-order valence-corrected chi connectivity index (χ1v) is 8.07. The summed E-state index contributed by atoms with van der Waals surface area (Å²) in [6, 6.07) is 17.0. The predicted octanol–water partition coefficient (Wildman–Crippen LogP) is 3.92. The molecule has 1 aliphatic heterocycles. The van der Waals surface area contributed by atoms with Crippen molar-refractivity contribution in [3.05, 3.63) is 60.2 Å². The van der Waals surface area contributed by atoms with Gasteiger partial charge in [-0.25, -0.2) is 4.79 Å². The number of aliphatic imine (C=N–C) groups is 1. The summed E-state index contributed by atoms with van der Waals surface area (Å²) in [6.45, 7) is 1.48. The molecule has 5 nitrogen and oxygen atoms in total. The molecule has 2 aromatic carbocycles. The van der Waals surface area contributed by atoms with Gasteiger partial charge in [0.25, 0.3) is 0 Å². The van der Waals surface area contributed by atoms with Gasteiger partial charge in [-0.1, -0.05) is 30.3 Å². The molecular weight excluding hydrogens is 302 g/mol. The van der Waals surface area contributed by atoms with Gasteiger partial charge in [-0.2, -0.15) is 4.99 Å². The zero-order chi connectivity index (χ0) is 16.8. The smallest absolute Gasteiger partial charge is 0.347 e. The van der Waals surface area contributed by atoms with Gasteiger partial charge in [0, 0.05) is 25.7 Å². The number of amides is 2. The molecule has 3 rings (SSSR count). The molecule has 1 aliphatic rings. The molecule has 2 amide bonds. The van der Waals surface area contributed by atoms with Crippen LogP contribution in [0.3, 0.4) is 0 Å². The van der Waals surface area contributed by atoms with E-state index in [1.165, 1.54) is 0 Å². The first-order chi connectivity index (χ1) is 11.7. The largest absolute Gasteiger partial charge is 0.489 e. The van der Waals surface area contributed by atoms with E-state index >= 15 is 0 Å². The van der Waals surface area contributed by atoms with Crippen LogP contribution in [-0.4, -0.2) is 30.4 Å². The Balaban J connectivity index is 1.53. The molecule has 2 aromatic rings. The maximum Gasteiger partial charge on any atom is 0.347 e. The zero-order valence-electron chi connectivity index (χ0n) is 13.7. The number of benzene rings is 2. The van der Waals surface area contributed by atoms with Crippen LogP contribution in [0.4, 0.5) is 10.5 Å². The number of urea groups is 1. The highest BCUT2D eigenvalue weighted by Gasteiger charge is 2.15. The van der Waals surface area contributed by atoms with Crippen molar-refractivity contribution in [3.8, 4) is 5.75 Å². The minimum Gasteiger partial charge on any atom is -0.489 e. The van der Waals surface area contributed by atoms with E-state index in [1.54, 1.807) is 0 Å². The number of amidine groups is 1. The highest BCUT2D eigenvalue weighted by molar-refractivity contribution is 6.00. The highest BCUT2D eigenvalue weighted by atomic mass is 16.5. The molecule has 0 radical (unpaired) electrons. The average molecular weight is 323 g/mol. The number of likely N-dealkylation sites (tertiary alicyclic amines) is 1. The Kier molecular flexibility index (Phi) is 5.11. The highest BCUT2D eigenvalue weighted by Crippen LogP contribution is 2.17. The Labute approximate surface area is 142 Å². The molecule has 1 fully saturated rings. The Morgan fingerprint density at radius 1 is 1.17 bits per heavy atom. The summed E-state index contributed by atoms with van der Waals surface area (Å²) in [7, 11) is 1.96. The Morgan fingerprint density at radius 3 is 2.58 bits per heavy atom. The molecule has 24 heavy (non-hydrogen) atoms. The summed E-state index contributed by atoms with van der Waals surface area (Å²) >= 11 is 0. The summed E-state index contributed by atoms with van der Waals surface area (Å²) in [6.07, 6.45) is 1.91. The van der Waals surface area contributed by atoms with Crippen LogP contribution >= 0.6 is 0 Å². The molecule has 0 saturated carbocycles. The van der Waals surface area contributed by atoms with Crippen LogP contribution in [-0.2, 0) is 6.61 Å². The van der Waals surface area contributed by atoms with Crippen molar-refractivity contribution >= 4 is 17.6 Å². The standard InChI is InChI=1S/C19H21N3O2/c1-22-13-5-8-18(22)21-19(23)20-16-9-11-17(12-10-16)24-14-15-6-3-2-4-7-15/h2-4,6-7,9-12H,5,8,13-14H2,1H3,(H,20,23)/b21-18-. The number of anilines is 1. The molecule has 0 atom stereocenters. The number of nitrogens with zero attached hydrogens (tertiary/aromatic N) is 2. The van der Waals surface area contributed by atoms with E-state index in [1.807, 2.05) is 66.5 Å². The van der Waals surface area contributed by atoms with E-state index in [2.05, 4.69) is 10.3 Å². The number of hydrogen-bond donors (Lipinski definition) is 1. The fourth-order valence-corrected chi connectivity index (χ4v) is 2.58. The van der Waals surface area contributed by atoms with Gasteiger partial charge in [0.05, 0.1) is 0 Å². The molecule has 0 aliphatic carbocycles. The normalized spacial score (nSPS) is 15.5. The maximum atomic E-state index is 12.0. The lowest BCUT2D eigenvalue weighted by atomic mass is 10.2. The Hall–Kier alpha value is -2.82. The molecular formula is C19H21N3O2. The number of carbonyl (C=O) groups is 1. The van der Waals surface area contributed by atoms with Gasteiger partial charge in [0.2, 0.25) is 0 Å². The van der Waals surface area contributed by atoms with E-state index in [0.29, 0.717) is 12.3 Å². The van der Waals surface area contributed by atoms with Gasteiger partial charge in [0.1, 0.15) is 18.2 Å². The summed E-state index contributed by atoms with van der Waals surface area (Å²) in [5.41, 5.74) is 1.82. The van der Waals surface area contributed by atoms with Crippen LogP contribution in [0.2, 0.25) is 0 Å². The third-order valence-corrected chi connectivity index (χ3v) is 3.92. The zero-order valence-corrected chi connectivity index (χ0v) is 13.7. The van der Waals surface area contributed by atoms with E-state index in [9.17, 15) is 4.79 Å². The molecule has 0 unspecified atom stereocenters. The lowest BCUT2D eigenvalue weighted by Crippen LogP contribution is -2.21. The maximum absolute atomic E-state index is 12.0. The molecule has 5 heteroatoms. The molecule has 124 valence electrons. The SMILES string of the molecule is CN1CCC/C1=N/C(=O)Nc1ccc(OCc2ccccc2)cc1. The van der Waals surface area contributed by atoms with Crippen LogP contribution in [0.25, 0.3) is 0 Å². The van der Waals surface area contributed by atoms with Gasteiger partial charge in [-0.05, 0) is 36.2 Å². The predicted molar refractivity (Wildman–Crippen MR) is 95.5 cm³/mol. The molecule has 1 N–H and O–H groups in total. The lowest BCUT2D eigenvalue weighted by Gasteiger charge is -2.11. The third-order valence-electron chi connectivity index (χ3n) is 3.92. The van der Waals surface area contributed by atoms with Gasteiger partial charge >= 0.3 is 6.03 Å². The summed E-state index contributed by atoms with van der Waals surface area (Å²) in [5.74, 6) is 1.61. The number of rotatable bonds is 4. The summed E-state index contributed by atoms with van der Waals surface area (Å²) in [5, 5.41) is 2.78. The second-order valence-electron chi connectivity index (χ2n) is 5.78. The fraction of sp³-hybridized carbons (Fsp3) is 0.263. The van der Waals surface area contributed by atoms with Crippen molar-refractivity contribution in [3.63, 3.8) is 0 Å².